The van der Waals surface area contributed by atoms with Gasteiger partial charge in [0.2, 0.25) is 5.91 Å². The Bertz CT molecular complexity index is 1820. The number of nitrogens with zero attached hydrogens (tertiary/aromatic N) is 5. The fraction of sp³-hybridized carbons (Fsp3) is 0.690. The number of aliphatic hydroxyl groups is 2. The summed E-state index contributed by atoms with van der Waals surface area (Å²) in [4.78, 5) is 63.5. The zero-order chi connectivity index (χ0) is 43.2. The molecule has 3 fully saturated rings. The summed E-state index contributed by atoms with van der Waals surface area (Å²) in [5, 5.41) is 28.4. The number of thiophene rings is 1. The van der Waals surface area contributed by atoms with E-state index < -0.39 is 77.3 Å². The molecule has 0 saturated carbocycles. The Morgan fingerprint density at radius 3 is 2.53 bits per heavy atom. The van der Waals surface area contributed by atoms with E-state index in [1.54, 1.807) is 39.4 Å². The molecule has 0 spiro atoms. The van der Waals surface area contributed by atoms with Gasteiger partial charge in [0.15, 0.2) is 18.7 Å². The van der Waals surface area contributed by atoms with Crippen LogP contribution in [0.25, 0.3) is 10.6 Å². The van der Waals surface area contributed by atoms with E-state index in [9.17, 15) is 24.6 Å². The number of ketones is 1. The van der Waals surface area contributed by atoms with Gasteiger partial charge in [-0.3, -0.25) is 24.4 Å². The van der Waals surface area contributed by atoms with Gasteiger partial charge in [0.05, 0.1) is 53.9 Å². The van der Waals surface area contributed by atoms with Gasteiger partial charge in [-0.05, 0) is 79.1 Å². The number of likely N-dealkylation sites (N-methyl/N-ethyl adjacent to an activating group) is 1. The summed E-state index contributed by atoms with van der Waals surface area (Å²) in [6, 6.07) is 3.53. The Morgan fingerprint density at radius 2 is 1.86 bits per heavy atom. The highest BCUT2D eigenvalue weighted by molar-refractivity contribution is 7.15. The number of rotatable bonds is 8. The van der Waals surface area contributed by atoms with Crippen molar-refractivity contribution in [1.29, 1.82) is 0 Å². The number of ether oxygens (including phenoxy) is 5. The summed E-state index contributed by atoms with van der Waals surface area (Å²) in [5.74, 6) is -4.55. The number of fused-ring (bicyclic) bond motifs is 5. The molecule has 3 aliphatic heterocycles. The van der Waals surface area contributed by atoms with Crippen molar-refractivity contribution < 1.29 is 53.1 Å². The molecule has 1 amide bonds. The van der Waals surface area contributed by atoms with E-state index in [0.29, 0.717) is 17.8 Å². The van der Waals surface area contributed by atoms with Gasteiger partial charge >= 0.3 is 5.97 Å². The molecule has 2 aromatic heterocycles. The third-order valence-corrected chi connectivity index (χ3v) is 12.7. The van der Waals surface area contributed by atoms with Crippen LogP contribution < -0.4 is 0 Å². The number of aliphatic hydroxyl groups excluding tert-OH is 1. The lowest BCUT2D eigenvalue weighted by Crippen LogP contribution is -2.59. The van der Waals surface area contributed by atoms with Crippen molar-refractivity contribution in [3.05, 3.63) is 35.6 Å². The van der Waals surface area contributed by atoms with Crippen molar-refractivity contribution in [3.8, 4) is 10.6 Å². The predicted octanol–water partition coefficient (Wildman–Crippen LogP) is 4.39. The molecule has 0 aliphatic carbocycles. The molecule has 2 aromatic rings. The van der Waals surface area contributed by atoms with Crippen molar-refractivity contribution in [2.45, 2.75) is 142 Å². The predicted molar refractivity (Wildman–Crippen MR) is 220 cm³/mol. The van der Waals surface area contributed by atoms with Crippen LogP contribution in [0.1, 0.15) is 86.0 Å². The smallest absolute Gasteiger partial charge is 0.316 e. The number of aliphatic imine (C=N–C) groups is 1. The van der Waals surface area contributed by atoms with Crippen LogP contribution in [0, 0.1) is 17.8 Å². The number of oxime groups is 1. The van der Waals surface area contributed by atoms with Gasteiger partial charge in [-0.25, -0.2) is 4.99 Å². The molecule has 0 aromatic carbocycles. The highest BCUT2D eigenvalue weighted by Gasteiger charge is 2.51. The highest BCUT2D eigenvalue weighted by atomic mass is 32.1. The normalized spacial score (nSPS) is 36.8. The average Bonchev–Trinajstić information content (AvgIpc) is 3.66. The molecule has 2 bridgehead atoms. The lowest BCUT2D eigenvalue weighted by Gasteiger charge is -2.47. The second-order valence-corrected chi connectivity index (χ2v) is 17.9. The lowest BCUT2D eigenvalue weighted by molar-refractivity contribution is -0.296. The summed E-state index contributed by atoms with van der Waals surface area (Å²) in [5.41, 5.74) is -1.76. The van der Waals surface area contributed by atoms with Crippen LogP contribution in [0.4, 0.5) is 0 Å². The zero-order valence-corrected chi connectivity index (χ0v) is 36.6. The molecule has 0 radical (unpaired) electrons. The fourth-order valence-corrected chi connectivity index (χ4v) is 9.10. The molecule has 17 heteroatoms. The van der Waals surface area contributed by atoms with Crippen molar-refractivity contribution in [3.63, 3.8) is 0 Å². The maximum atomic E-state index is 14.5. The van der Waals surface area contributed by atoms with Gasteiger partial charge in [-0.1, -0.05) is 25.9 Å². The minimum atomic E-state index is -1.82. The van der Waals surface area contributed by atoms with Gasteiger partial charge < -0.3 is 43.6 Å². The molecule has 12 atom stereocenters. The van der Waals surface area contributed by atoms with E-state index in [1.165, 1.54) is 32.1 Å². The second-order valence-electron chi connectivity index (χ2n) is 16.7. The summed E-state index contributed by atoms with van der Waals surface area (Å²) in [6.45, 7) is 13.0. The maximum absolute atomic E-state index is 14.5. The molecule has 3 aliphatic rings. The number of Topliss-reactive ketones (excluding diaryl/α,β-unsaturated/α-hetero) is 1. The van der Waals surface area contributed by atoms with Gasteiger partial charge in [0.1, 0.15) is 29.4 Å². The standard InChI is InChI=1S/C42H61N5O11S/c1-11-34-42(8,52)35-17-30(45-27(6)48)23(2)18-41(7,54-21-28(20-53-35)46-55-22-29-12-13-33(59-29)31-19-43-14-15-44-31)38(25(4)36(49)26(5)39(51)57-34)58-40-37(50)32(47(9)10)16-24(3)56-40/h12-15,19,23-26,32,34-35,37-38,40,50,52H,11,16-18,20-22H2,1-10H3/b45-30?,46-28-/t23-,24-,25+,26-,32+,34+,35+,37-,38-,40+,41-,42-/m1/s1. The van der Waals surface area contributed by atoms with Crippen LogP contribution in [0.5, 0.6) is 0 Å². The number of cyclic esters (lactones) is 1. The molecule has 326 valence electrons. The first-order valence-corrected chi connectivity index (χ1v) is 21.1. The first-order chi connectivity index (χ1) is 27.8. The molecular weight excluding hydrogens is 783 g/mol. The Labute approximate surface area is 350 Å². The van der Waals surface area contributed by atoms with E-state index in [0.717, 1.165) is 15.4 Å². The summed E-state index contributed by atoms with van der Waals surface area (Å²) >= 11 is 1.48. The van der Waals surface area contributed by atoms with E-state index in [2.05, 4.69) is 20.1 Å². The SMILES string of the molecule is CC[C@@H]1OC(=O)[C@H](C)C(=O)[C@H](C)[C@@H](O[C@@H]2O[C@H](C)C[C@H](N(C)C)[C@H]2O)[C@@]2(C)C[C@@H](C)C(=NC(C)=O)C[C@H](OC/C(=N/OCc3ccc(-c4cnccn4)s3)CO2)[C@]1(C)O. The number of hydrogen-bond acceptors (Lipinski definition) is 16. The summed E-state index contributed by atoms with van der Waals surface area (Å²) in [7, 11) is 3.73. The monoisotopic (exact) mass is 843 g/mol. The average molecular weight is 844 g/mol. The molecule has 0 unspecified atom stereocenters. The number of amides is 1. The number of aromatic nitrogens is 2. The van der Waals surface area contributed by atoms with E-state index in [-0.39, 0.29) is 51.2 Å². The molecule has 16 nitrogen and oxygen atoms in total. The number of esters is 1. The van der Waals surface area contributed by atoms with Crippen molar-refractivity contribution in [2.24, 2.45) is 27.9 Å². The quantitative estimate of drug-likeness (QED) is 0.215. The minimum Gasteiger partial charge on any atom is -0.459 e. The minimum absolute atomic E-state index is 0.0194. The number of hydrogen-bond donors (Lipinski definition) is 2. The highest BCUT2D eigenvalue weighted by Crippen LogP contribution is 2.39. The molecule has 2 N–H and O–H groups in total. The summed E-state index contributed by atoms with van der Waals surface area (Å²) in [6.07, 6.45) is -0.111. The fourth-order valence-electron chi connectivity index (χ4n) is 8.23. The van der Waals surface area contributed by atoms with Crippen LogP contribution in [0.3, 0.4) is 0 Å². The zero-order valence-electron chi connectivity index (χ0n) is 35.8. The third-order valence-electron chi connectivity index (χ3n) is 11.6. The third kappa shape index (κ3) is 11.2. The van der Waals surface area contributed by atoms with Gasteiger partial charge in [-0.15, -0.1) is 11.3 Å². The first kappa shape index (κ1) is 46.5. The Morgan fingerprint density at radius 1 is 1.12 bits per heavy atom. The van der Waals surface area contributed by atoms with Gasteiger partial charge in [0.25, 0.3) is 0 Å². The molecule has 3 saturated heterocycles. The van der Waals surface area contributed by atoms with Crippen molar-refractivity contribution in [2.75, 3.05) is 27.3 Å². The second kappa shape index (κ2) is 19.9. The first-order valence-electron chi connectivity index (χ1n) is 20.3. The van der Waals surface area contributed by atoms with Crippen LogP contribution in [-0.4, -0.2) is 136 Å². The lowest BCUT2D eigenvalue weighted by atomic mass is 9.76. The van der Waals surface area contributed by atoms with E-state index in [4.69, 9.17) is 28.5 Å². The van der Waals surface area contributed by atoms with Crippen molar-refractivity contribution in [1.82, 2.24) is 14.9 Å². The molecular formula is C42H61N5O11S. The molecule has 5 heterocycles. The van der Waals surface area contributed by atoms with Crippen LogP contribution in [0.15, 0.2) is 40.9 Å². The van der Waals surface area contributed by atoms with Crippen molar-refractivity contribution >= 4 is 40.4 Å². The van der Waals surface area contributed by atoms with E-state index >= 15 is 0 Å². The Kier molecular flexibility index (Phi) is 15.7. The van der Waals surface area contributed by atoms with Gasteiger partial charge in [-0.2, -0.15) is 0 Å². The van der Waals surface area contributed by atoms with E-state index in [1.807, 2.05) is 45.0 Å². The Hall–Kier alpha value is -3.55. The van der Waals surface area contributed by atoms with Crippen LogP contribution >= 0.6 is 11.3 Å². The van der Waals surface area contributed by atoms with Crippen LogP contribution in [0.2, 0.25) is 0 Å². The largest absolute Gasteiger partial charge is 0.459 e. The van der Waals surface area contributed by atoms with Crippen LogP contribution in [-0.2, 0) is 49.5 Å². The molecule has 59 heavy (non-hydrogen) atoms. The Balaban J connectivity index is 1.61. The molecule has 5 rings (SSSR count). The maximum Gasteiger partial charge on any atom is 0.316 e. The van der Waals surface area contributed by atoms with Gasteiger partial charge in [0, 0.05) is 48.3 Å². The number of carbonyl (C=O) groups is 3. The summed E-state index contributed by atoms with van der Waals surface area (Å²) < 4.78 is 32.3. The number of carbonyl (C=O) groups excluding carboxylic acids is 3. The topological polar surface area (TPSA) is 201 Å².